The Kier molecular flexibility index (Phi) is 5.41. The van der Waals surface area contributed by atoms with Gasteiger partial charge in [-0.05, 0) is 60.5 Å². The molecule has 2 N–H and O–H groups in total. The number of rotatable bonds is 5. The number of imidazole rings is 1. The van der Waals surface area contributed by atoms with Crippen LogP contribution in [-0.4, -0.2) is 27.9 Å². The zero-order chi connectivity index (χ0) is 19.6. The van der Waals surface area contributed by atoms with Crippen molar-refractivity contribution in [1.29, 1.82) is 0 Å². The molecule has 0 fully saturated rings. The number of benzene rings is 2. The molecule has 0 radical (unpaired) electrons. The average molecular weight is 389 g/mol. The maximum atomic E-state index is 13.2. The number of halogens is 2. The van der Waals surface area contributed by atoms with Crippen molar-refractivity contribution in [2.75, 3.05) is 11.9 Å². The fourth-order valence-electron chi connectivity index (χ4n) is 2.64. The van der Waals surface area contributed by atoms with Crippen LogP contribution < -0.4 is 10.6 Å². The highest BCUT2D eigenvalue weighted by Gasteiger charge is 2.11. The number of aryl methyl sites for hydroxylation is 2. The molecule has 0 aliphatic carbocycles. The van der Waals surface area contributed by atoms with Crippen LogP contribution in [0.25, 0.3) is 11.0 Å². The summed E-state index contributed by atoms with van der Waals surface area (Å²) in [5.41, 5.74) is 2.87. The number of anilines is 1. The number of aromatic nitrogens is 2. The van der Waals surface area contributed by atoms with Crippen LogP contribution in [0.2, 0.25) is 5.28 Å². The van der Waals surface area contributed by atoms with Gasteiger partial charge in [0.1, 0.15) is 5.82 Å². The van der Waals surface area contributed by atoms with Crippen molar-refractivity contribution < 1.29 is 14.0 Å². The van der Waals surface area contributed by atoms with Gasteiger partial charge in [-0.2, -0.15) is 0 Å². The zero-order valence-corrected chi connectivity index (χ0v) is 15.6. The topological polar surface area (TPSA) is 76.0 Å². The summed E-state index contributed by atoms with van der Waals surface area (Å²) in [5.74, 6) is -0.887. The number of hydrogen-bond donors (Lipinski definition) is 2. The van der Waals surface area contributed by atoms with Crippen molar-refractivity contribution >= 4 is 40.1 Å². The first-order valence-corrected chi connectivity index (χ1v) is 8.69. The fourth-order valence-corrected chi connectivity index (χ4v) is 2.82. The molecule has 2 aromatic carbocycles. The molecule has 8 heteroatoms. The Balaban J connectivity index is 1.55. The van der Waals surface area contributed by atoms with E-state index in [1.54, 1.807) is 42.8 Å². The van der Waals surface area contributed by atoms with E-state index in [4.69, 9.17) is 11.6 Å². The molecule has 0 saturated carbocycles. The quantitative estimate of drug-likeness (QED) is 0.703. The van der Waals surface area contributed by atoms with E-state index in [0.717, 1.165) is 5.52 Å². The van der Waals surface area contributed by atoms with Crippen molar-refractivity contribution in [3.63, 3.8) is 0 Å². The minimum Gasteiger partial charge on any atom is -0.352 e. The molecule has 140 valence electrons. The molecule has 27 heavy (non-hydrogen) atoms. The predicted molar refractivity (Wildman–Crippen MR) is 102 cm³/mol. The molecule has 0 spiro atoms. The molecule has 1 heterocycles. The van der Waals surface area contributed by atoms with E-state index in [9.17, 15) is 14.0 Å². The van der Waals surface area contributed by atoms with Gasteiger partial charge in [0.25, 0.3) is 5.91 Å². The molecule has 2 amide bonds. The molecule has 0 atom stereocenters. The monoisotopic (exact) mass is 388 g/mol. The summed E-state index contributed by atoms with van der Waals surface area (Å²) < 4.78 is 14.9. The van der Waals surface area contributed by atoms with Gasteiger partial charge in [-0.3, -0.25) is 9.59 Å². The van der Waals surface area contributed by atoms with E-state index in [1.165, 1.54) is 12.1 Å². The van der Waals surface area contributed by atoms with Crippen LogP contribution in [0.1, 0.15) is 22.3 Å². The van der Waals surface area contributed by atoms with Crippen molar-refractivity contribution in [3.8, 4) is 0 Å². The largest absolute Gasteiger partial charge is 0.352 e. The third kappa shape index (κ3) is 4.25. The second-order valence-electron chi connectivity index (χ2n) is 6.16. The Bertz CT molecular complexity index is 1030. The number of carbonyl (C=O) groups excluding carboxylic acids is 2. The molecule has 0 aliphatic rings. The van der Waals surface area contributed by atoms with Gasteiger partial charge in [0.05, 0.1) is 11.0 Å². The van der Waals surface area contributed by atoms with Gasteiger partial charge in [-0.15, -0.1) is 0 Å². The van der Waals surface area contributed by atoms with Gasteiger partial charge in [0.2, 0.25) is 11.2 Å². The van der Waals surface area contributed by atoms with Gasteiger partial charge in [0.15, 0.2) is 0 Å². The van der Waals surface area contributed by atoms with Crippen molar-refractivity contribution in [1.82, 2.24) is 14.9 Å². The molecule has 0 bridgehead atoms. The summed E-state index contributed by atoms with van der Waals surface area (Å²) in [6.07, 6.45) is 0.0992. The molecule has 3 rings (SSSR count). The highest BCUT2D eigenvalue weighted by atomic mass is 35.5. The SMILES string of the molecule is Cc1cc(NC(=O)CCNC(=O)c2ccc3nc(Cl)n(C)c3c2)ccc1F. The number of hydrogen-bond acceptors (Lipinski definition) is 3. The van der Waals surface area contributed by atoms with Crippen LogP contribution in [0, 0.1) is 12.7 Å². The minimum atomic E-state index is -0.327. The number of fused-ring (bicyclic) bond motifs is 1. The number of nitrogens with zero attached hydrogens (tertiary/aromatic N) is 2. The summed E-state index contributed by atoms with van der Waals surface area (Å²) in [4.78, 5) is 28.4. The lowest BCUT2D eigenvalue weighted by molar-refractivity contribution is -0.116. The van der Waals surface area contributed by atoms with Crippen LogP contribution in [0.15, 0.2) is 36.4 Å². The summed E-state index contributed by atoms with van der Waals surface area (Å²) in [5, 5.41) is 5.72. The first-order valence-electron chi connectivity index (χ1n) is 8.31. The van der Waals surface area contributed by atoms with Gasteiger partial charge in [-0.1, -0.05) is 0 Å². The molecular formula is C19H18ClFN4O2. The summed E-state index contributed by atoms with van der Waals surface area (Å²) in [7, 11) is 1.76. The van der Waals surface area contributed by atoms with Crippen molar-refractivity contribution in [2.45, 2.75) is 13.3 Å². The minimum absolute atomic E-state index is 0.0992. The lowest BCUT2D eigenvalue weighted by atomic mass is 10.2. The molecule has 0 unspecified atom stereocenters. The molecule has 0 saturated heterocycles. The fraction of sp³-hybridized carbons (Fsp3) is 0.211. The second-order valence-corrected chi connectivity index (χ2v) is 6.50. The lowest BCUT2D eigenvalue weighted by Gasteiger charge is -2.08. The summed E-state index contributed by atoms with van der Waals surface area (Å²) in [6.45, 7) is 1.80. The average Bonchev–Trinajstić information content (AvgIpc) is 2.92. The Morgan fingerprint density at radius 2 is 2.00 bits per heavy atom. The third-order valence-corrected chi connectivity index (χ3v) is 4.51. The highest BCUT2D eigenvalue weighted by Crippen LogP contribution is 2.19. The van der Waals surface area contributed by atoms with Crippen LogP contribution in [0.5, 0.6) is 0 Å². The Morgan fingerprint density at radius 1 is 1.22 bits per heavy atom. The third-order valence-electron chi connectivity index (χ3n) is 4.17. The number of amides is 2. The van der Waals surface area contributed by atoms with E-state index in [-0.39, 0.29) is 30.6 Å². The zero-order valence-electron chi connectivity index (χ0n) is 14.8. The van der Waals surface area contributed by atoms with Gasteiger partial charge in [-0.25, -0.2) is 9.37 Å². The number of nitrogens with one attached hydrogen (secondary N) is 2. The van der Waals surface area contributed by atoms with Crippen molar-refractivity contribution in [3.05, 3.63) is 58.6 Å². The first-order chi connectivity index (χ1) is 12.8. The Morgan fingerprint density at radius 3 is 2.74 bits per heavy atom. The van der Waals surface area contributed by atoms with E-state index >= 15 is 0 Å². The predicted octanol–water partition coefficient (Wildman–Crippen LogP) is 3.43. The second kappa shape index (κ2) is 7.75. The maximum absolute atomic E-state index is 13.2. The summed E-state index contributed by atoms with van der Waals surface area (Å²) >= 11 is 5.97. The number of carbonyl (C=O) groups is 2. The molecule has 6 nitrogen and oxygen atoms in total. The van der Waals surface area contributed by atoms with Crippen molar-refractivity contribution in [2.24, 2.45) is 7.05 Å². The first kappa shape index (κ1) is 18.8. The van der Waals surface area contributed by atoms with Crippen LogP contribution in [-0.2, 0) is 11.8 Å². The van der Waals surface area contributed by atoms with E-state index in [0.29, 0.717) is 27.6 Å². The van der Waals surface area contributed by atoms with Gasteiger partial charge >= 0.3 is 0 Å². The normalized spacial score (nSPS) is 10.8. The van der Waals surface area contributed by atoms with Crippen LogP contribution in [0.4, 0.5) is 10.1 Å². The molecule has 3 aromatic rings. The highest BCUT2D eigenvalue weighted by molar-refractivity contribution is 6.29. The van der Waals surface area contributed by atoms with Gasteiger partial charge in [0, 0.05) is 31.3 Å². The van der Waals surface area contributed by atoms with E-state index in [1.807, 2.05) is 0 Å². The van der Waals surface area contributed by atoms with Crippen LogP contribution >= 0.6 is 11.6 Å². The van der Waals surface area contributed by atoms with Crippen LogP contribution in [0.3, 0.4) is 0 Å². The molecule has 0 aliphatic heterocycles. The van der Waals surface area contributed by atoms with E-state index in [2.05, 4.69) is 15.6 Å². The van der Waals surface area contributed by atoms with Gasteiger partial charge < -0.3 is 15.2 Å². The lowest BCUT2D eigenvalue weighted by Crippen LogP contribution is -2.27. The molecule has 1 aromatic heterocycles. The Hall–Kier alpha value is -2.93. The maximum Gasteiger partial charge on any atom is 0.251 e. The Labute approximate surface area is 160 Å². The smallest absolute Gasteiger partial charge is 0.251 e. The standard InChI is InChI=1S/C19H18ClFN4O2/c1-11-9-13(4-5-14(11)21)23-17(26)7-8-22-18(27)12-3-6-15-16(10-12)25(2)19(20)24-15/h3-6,9-10H,7-8H2,1-2H3,(H,22,27)(H,23,26). The molecular weight excluding hydrogens is 371 g/mol. The van der Waals surface area contributed by atoms with E-state index < -0.39 is 0 Å². The summed E-state index contributed by atoms with van der Waals surface area (Å²) in [6, 6.07) is 9.42.